The monoisotopic (exact) mass is 458 g/mol. The molecule has 0 aliphatic carbocycles. The molecular formula is C19H31IN4O. The standard InChI is InChI=1S/C19H30N4O.HI/c1-16-7-9-22(10-8-16)18(17-5-3-2-4-6-17)15-21-19(20)23-11-13-24-14-12-23;/h2-6,16,18H,7-15H2,1H3,(H2,20,21);1H. The molecule has 140 valence electrons. The van der Waals surface area contributed by atoms with E-state index in [0.717, 1.165) is 51.9 Å². The molecule has 0 spiro atoms. The van der Waals surface area contributed by atoms with Crippen LogP contribution in [0.5, 0.6) is 0 Å². The molecule has 0 amide bonds. The van der Waals surface area contributed by atoms with Gasteiger partial charge in [-0.2, -0.15) is 0 Å². The van der Waals surface area contributed by atoms with Crippen molar-refractivity contribution >= 4 is 29.9 Å². The smallest absolute Gasteiger partial charge is 0.191 e. The normalized spacial score (nSPS) is 21.6. The molecule has 2 aliphatic rings. The average molecular weight is 458 g/mol. The number of hydrogen-bond donors (Lipinski definition) is 1. The highest BCUT2D eigenvalue weighted by atomic mass is 127. The number of aliphatic imine (C=N–C) groups is 1. The lowest BCUT2D eigenvalue weighted by Crippen LogP contribution is -2.45. The first kappa shape index (κ1) is 20.5. The maximum Gasteiger partial charge on any atom is 0.191 e. The predicted molar refractivity (Wildman–Crippen MR) is 113 cm³/mol. The largest absolute Gasteiger partial charge is 0.378 e. The molecule has 1 atom stereocenters. The third kappa shape index (κ3) is 5.82. The summed E-state index contributed by atoms with van der Waals surface area (Å²) in [4.78, 5) is 9.45. The lowest BCUT2D eigenvalue weighted by Gasteiger charge is -2.36. The molecule has 2 heterocycles. The van der Waals surface area contributed by atoms with Crippen molar-refractivity contribution in [3.05, 3.63) is 35.9 Å². The number of piperidine rings is 1. The van der Waals surface area contributed by atoms with Gasteiger partial charge in [-0.05, 0) is 37.4 Å². The van der Waals surface area contributed by atoms with Crippen molar-refractivity contribution in [2.75, 3.05) is 45.9 Å². The number of likely N-dealkylation sites (tertiary alicyclic amines) is 1. The average Bonchev–Trinajstić information content (AvgIpc) is 2.65. The molecule has 5 nitrogen and oxygen atoms in total. The van der Waals surface area contributed by atoms with Gasteiger partial charge in [0.25, 0.3) is 0 Å². The van der Waals surface area contributed by atoms with E-state index in [1.54, 1.807) is 0 Å². The molecule has 0 saturated carbocycles. The zero-order chi connectivity index (χ0) is 16.8. The first-order chi connectivity index (χ1) is 11.7. The second kappa shape index (κ2) is 10.3. The van der Waals surface area contributed by atoms with Gasteiger partial charge in [-0.3, -0.25) is 9.89 Å². The van der Waals surface area contributed by atoms with Gasteiger partial charge in [-0.1, -0.05) is 37.3 Å². The maximum absolute atomic E-state index is 6.23. The van der Waals surface area contributed by atoms with Gasteiger partial charge in [0.1, 0.15) is 0 Å². The third-order valence-electron chi connectivity index (χ3n) is 5.20. The van der Waals surface area contributed by atoms with Crippen LogP contribution in [0.15, 0.2) is 35.3 Å². The van der Waals surface area contributed by atoms with E-state index < -0.39 is 0 Å². The maximum atomic E-state index is 6.23. The van der Waals surface area contributed by atoms with E-state index in [1.165, 1.54) is 18.4 Å². The Hall–Kier alpha value is -0.860. The number of ether oxygens (including phenoxy) is 1. The molecule has 0 aromatic heterocycles. The number of guanidine groups is 1. The Kier molecular flexibility index (Phi) is 8.45. The van der Waals surface area contributed by atoms with E-state index in [1.807, 2.05) is 0 Å². The van der Waals surface area contributed by atoms with Crippen LogP contribution in [0.25, 0.3) is 0 Å². The van der Waals surface area contributed by atoms with Gasteiger partial charge < -0.3 is 15.4 Å². The molecule has 2 fully saturated rings. The molecule has 1 aromatic rings. The first-order valence-corrected chi connectivity index (χ1v) is 9.15. The molecule has 25 heavy (non-hydrogen) atoms. The number of hydrogen-bond acceptors (Lipinski definition) is 3. The minimum Gasteiger partial charge on any atom is -0.378 e. The highest BCUT2D eigenvalue weighted by molar-refractivity contribution is 14.0. The van der Waals surface area contributed by atoms with Crippen LogP contribution in [0.1, 0.15) is 31.4 Å². The molecule has 2 aliphatic heterocycles. The predicted octanol–water partition coefficient (Wildman–Crippen LogP) is 2.72. The third-order valence-corrected chi connectivity index (χ3v) is 5.20. The lowest BCUT2D eigenvalue weighted by atomic mass is 9.96. The summed E-state index contributed by atoms with van der Waals surface area (Å²) in [6.45, 7) is 8.52. The molecule has 2 N–H and O–H groups in total. The van der Waals surface area contributed by atoms with Gasteiger partial charge in [0.2, 0.25) is 0 Å². The molecule has 6 heteroatoms. The topological polar surface area (TPSA) is 54.1 Å². The lowest BCUT2D eigenvalue weighted by molar-refractivity contribution is 0.0672. The fourth-order valence-corrected chi connectivity index (χ4v) is 3.52. The quantitative estimate of drug-likeness (QED) is 0.429. The molecular weight excluding hydrogens is 427 g/mol. The van der Waals surface area contributed by atoms with E-state index in [-0.39, 0.29) is 24.0 Å². The van der Waals surface area contributed by atoms with Crippen LogP contribution in [0, 0.1) is 5.92 Å². The number of rotatable bonds is 4. The summed E-state index contributed by atoms with van der Waals surface area (Å²) in [5.74, 6) is 1.49. The highest BCUT2D eigenvalue weighted by Crippen LogP contribution is 2.27. The van der Waals surface area contributed by atoms with E-state index in [0.29, 0.717) is 12.0 Å². The van der Waals surface area contributed by atoms with Gasteiger partial charge in [-0.15, -0.1) is 24.0 Å². The van der Waals surface area contributed by atoms with Crippen LogP contribution in [-0.4, -0.2) is 61.7 Å². The highest BCUT2D eigenvalue weighted by Gasteiger charge is 2.24. The number of halogens is 1. The number of morpholine rings is 1. The molecule has 0 bridgehead atoms. The summed E-state index contributed by atoms with van der Waals surface area (Å²) in [6, 6.07) is 11.0. The summed E-state index contributed by atoms with van der Waals surface area (Å²) in [6.07, 6.45) is 2.54. The minimum atomic E-state index is 0. The van der Waals surface area contributed by atoms with Crippen LogP contribution in [0.3, 0.4) is 0 Å². The van der Waals surface area contributed by atoms with Gasteiger partial charge in [0.15, 0.2) is 5.96 Å². The van der Waals surface area contributed by atoms with Crippen LogP contribution >= 0.6 is 24.0 Å². The molecule has 2 saturated heterocycles. The summed E-state index contributed by atoms with van der Waals surface area (Å²) in [5, 5.41) is 0. The number of nitrogens with zero attached hydrogens (tertiary/aromatic N) is 3. The Morgan fingerprint density at radius 2 is 1.80 bits per heavy atom. The second-order valence-corrected chi connectivity index (χ2v) is 6.94. The van der Waals surface area contributed by atoms with E-state index in [4.69, 9.17) is 15.5 Å². The van der Waals surface area contributed by atoms with Crippen LogP contribution in [-0.2, 0) is 4.74 Å². The van der Waals surface area contributed by atoms with Gasteiger partial charge in [0, 0.05) is 13.1 Å². The molecule has 1 unspecified atom stereocenters. The van der Waals surface area contributed by atoms with Crippen molar-refractivity contribution in [2.45, 2.75) is 25.8 Å². The van der Waals surface area contributed by atoms with Crippen molar-refractivity contribution in [1.82, 2.24) is 9.80 Å². The van der Waals surface area contributed by atoms with E-state index in [2.05, 4.69) is 47.1 Å². The van der Waals surface area contributed by atoms with Crippen LogP contribution in [0.4, 0.5) is 0 Å². The Morgan fingerprint density at radius 1 is 1.16 bits per heavy atom. The van der Waals surface area contributed by atoms with Gasteiger partial charge in [0.05, 0.1) is 25.8 Å². The Bertz CT molecular complexity index is 525. The SMILES string of the molecule is CC1CCN(C(CN=C(N)N2CCOCC2)c2ccccc2)CC1.I. The summed E-state index contributed by atoms with van der Waals surface area (Å²) >= 11 is 0. The zero-order valence-corrected chi connectivity index (χ0v) is 17.5. The number of nitrogens with two attached hydrogens (primary N) is 1. The van der Waals surface area contributed by atoms with Crippen molar-refractivity contribution in [3.63, 3.8) is 0 Å². The second-order valence-electron chi connectivity index (χ2n) is 6.94. The first-order valence-electron chi connectivity index (χ1n) is 9.15. The minimum absolute atomic E-state index is 0. The summed E-state index contributed by atoms with van der Waals surface area (Å²) in [5.41, 5.74) is 7.57. The van der Waals surface area contributed by atoms with Gasteiger partial charge >= 0.3 is 0 Å². The molecule has 3 rings (SSSR count). The Labute approximate surface area is 168 Å². The fraction of sp³-hybridized carbons (Fsp3) is 0.632. The van der Waals surface area contributed by atoms with Crippen LogP contribution in [0.2, 0.25) is 0 Å². The van der Waals surface area contributed by atoms with Crippen molar-refractivity contribution < 1.29 is 4.74 Å². The van der Waals surface area contributed by atoms with Crippen molar-refractivity contribution in [2.24, 2.45) is 16.6 Å². The summed E-state index contributed by atoms with van der Waals surface area (Å²) < 4.78 is 5.39. The zero-order valence-electron chi connectivity index (χ0n) is 15.1. The molecule has 0 radical (unpaired) electrons. The molecule has 1 aromatic carbocycles. The van der Waals surface area contributed by atoms with Crippen LogP contribution < -0.4 is 5.73 Å². The van der Waals surface area contributed by atoms with E-state index in [9.17, 15) is 0 Å². The fourth-order valence-electron chi connectivity index (χ4n) is 3.52. The summed E-state index contributed by atoms with van der Waals surface area (Å²) in [7, 11) is 0. The number of benzene rings is 1. The Balaban J connectivity index is 0.00000225. The van der Waals surface area contributed by atoms with Crippen molar-refractivity contribution in [3.8, 4) is 0 Å². The van der Waals surface area contributed by atoms with Gasteiger partial charge in [-0.25, -0.2) is 0 Å². The van der Waals surface area contributed by atoms with E-state index >= 15 is 0 Å². The Morgan fingerprint density at radius 3 is 2.44 bits per heavy atom. The van der Waals surface area contributed by atoms with Crippen molar-refractivity contribution in [1.29, 1.82) is 0 Å².